The Bertz CT molecular complexity index is 413. The first-order chi connectivity index (χ1) is 7.31. The van der Waals surface area contributed by atoms with Gasteiger partial charge in [-0.2, -0.15) is 8.75 Å². The SMILES string of the molecule is COc1ccc(C(O)c2cnsn2)cc1. The summed E-state index contributed by atoms with van der Waals surface area (Å²) in [6.07, 6.45) is 0.856. The van der Waals surface area contributed by atoms with Gasteiger partial charge in [-0.1, -0.05) is 12.1 Å². The second-order valence-corrected chi connectivity index (χ2v) is 3.56. The standard InChI is InChI=1S/C10H10N2O2S/c1-14-8-4-2-7(3-5-8)10(13)9-6-11-15-12-9/h2-6,10,13H,1H3. The third-order valence-corrected chi connectivity index (χ3v) is 2.58. The fourth-order valence-corrected chi connectivity index (χ4v) is 1.69. The van der Waals surface area contributed by atoms with E-state index in [0.717, 1.165) is 23.0 Å². The number of hydrogen-bond donors (Lipinski definition) is 1. The van der Waals surface area contributed by atoms with Gasteiger partial charge in [0.1, 0.15) is 17.5 Å². The predicted octanol–water partition coefficient (Wildman–Crippen LogP) is 1.63. The summed E-state index contributed by atoms with van der Waals surface area (Å²) in [5.41, 5.74) is 1.36. The second-order valence-electron chi connectivity index (χ2n) is 3.01. The van der Waals surface area contributed by atoms with Crippen LogP contribution in [-0.2, 0) is 0 Å². The molecule has 0 aliphatic rings. The molecule has 0 aliphatic heterocycles. The zero-order chi connectivity index (χ0) is 10.7. The molecule has 78 valence electrons. The molecule has 15 heavy (non-hydrogen) atoms. The van der Waals surface area contributed by atoms with Gasteiger partial charge in [-0.05, 0) is 17.7 Å². The maximum absolute atomic E-state index is 9.91. The predicted molar refractivity (Wildman–Crippen MR) is 57.0 cm³/mol. The number of hydrogen-bond acceptors (Lipinski definition) is 5. The van der Waals surface area contributed by atoms with E-state index in [2.05, 4.69) is 8.75 Å². The lowest BCUT2D eigenvalue weighted by atomic mass is 10.1. The highest BCUT2D eigenvalue weighted by Crippen LogP contribution is 2.22. The van der Waals surface area contributed by atoms with Crippen molar-refractivity contribution in [1.82, 2.24) is 8.75 Å². The van der Waals surface area contributed by atoms with Crippen LogP contribution in [0.1, 0.15) is 17.4 Å². The third-order valence-electron chi connectivity index (χ3n) is 2.09. The minimum Gasteiger partial charge on any atom is -0.497 e. The molecular weight excluding hydrogens is 212 g/mol. The second kappa shape index (κ2) is 4.37. The number of aliphatic hydroxyl groups is 1. The minimum atomic E-state index is -0.713. The van der Waals surface area contributed by atoms with Crippen LogP contribution in [0.25, 0.3) is 0 Å². The van der Waals surface area contributed by atoms with E-state index in [0.29, 0.717) is 5.69 Å². The Morgan fingerprint density at radius 3 is 2.60 bits per heavy atom. The molecule has 0 amide bonds. The molecule has 1 aromatic carbocycles. The Morgan fingerprint density at radius 1 is 1.33 bits per heavy atom. The van der Waals surface area contributed by atoms with Crippen LogP contribution in [0.2, 0.25) is 0 Å². The Balaban J connectivity index is 2.22. The molecule has 4 nitrogen and oxygen atoms in total. The quantitative estimate of drug-likeness (QED) is 0.857. The van der Waals surface area contributed by atoms with E-state index in [1.165, 1.54) is 0 Å². The van der Waals surface area contributed by atoms with Gasteiger partial charge in [-0.15, -0.1) is 0 Å². The third kappa shape index (κ3) is 2.14. The lowest BCUT2D eigenvalue weighted by molar-refractivity contribution is 0.216. The average Bonchev–Trinajstić information content (AvgIpc) is 2.82. The molecule has 2 rings (SSSR count). The topological polar surface area (TPSA) is 55.2 Å². The largest absolute Gasteiger partial charge is 0.497 e. The Hall–Kier alpha value is -1.46. The van der Waals surface area contributed by atoms with E-state index >= 15 is 0 Å². The van der Waals surface area contributed by atoms with Gasteiger partial charge in [0, 0.05) is 0 Å². The Kier molecular flexibility index (Phi) is 2.94. The van der Waals surface area contributed by atoms with Gasteiger partial charge >= 0.3 is 0 Å². The fraction of sp³-hybridized carbons (Fsp3) is 0.200. The number of benzene rings is 1. The van der Waals surface area contributed by atoms with E-state index in [1.54, 1.807) is 25.4 Å². The molecule has 0 radical (unpaired) electrons. The zero-order valence-electron chi connectivity index (χ0n) is 8.12. The van der Waals surface area contributed by atoms with Crippen LogP contribution in [-0.4, -0.2) is 21.0 Å². The number of methoxy groups -OCH3 is 1. The maximum Gasteiger partial charge on any atom is 0.124 e. The average molecular weight is 222 g/mol. The molecule has 0 saturated carbocycles. The molecule has 1 aromatic heterocycles. The molecule has 0 aliphatic carbocycles. The smallest absolute Gasteiger partial charge is 0.124 e. The molecule has 0 spiro atoms. The lowest BCUT2D eigenvalue weighted by Gasteiger charge is -2.08. The summed E-state index contributed by atoms with van der Waals surface area (Å²) in [4.78, 5) is 0. The van der Waals surface area contributed by atoms with Crippen molar-refractivity contribution >= 4 is 11.7 Å². The first-order valence-corrected chi connectivity index (χ1v) is 5.14. The van der Waals surface area contributed by atoms with Crippen LogP contribution in [0.4, 0.5) is 0 Å². The molecule has 1 N–H and O–H groups in total. The van der Waals surface area contributed by atoms with Crippen molar-refractivity contribution in [2.75, 3.05) is 7.11 Å². The van der Waals surface area contributed by atoms with Crippen LogP contribution in [0.15, 0.2) is 30.5 Å². The fourth-order valence-electron chi connectivity index (χ4n) is 1.25. The van der Waals surface area contributed by atoms with Crippen LogP contribution < -0.4 is 4.74 Å². The number of ether oxygens (including phenoxy) is 1. The van der Waals surface area contributed by atoms with Gasteiger partial charge < -0.3 is 9.84 Å². The van der Waals surface area contributed by atoms with Gasteiger partial charge in [0.15, 0.2) is 0 Å². The molecule has 1 atom stereocenters. The molecule has 2 aromatic rings. The van der Waals surface area contributed by atoms with E-state index in [9.17, 15) is 5.11 Å². The summed E-state index contributed by atoms with van der Waals surface area (Å²) in [5, 5.41) is 9.91. The lowest BCUT2D eigenvalue weighted by Crippen LogP contribution is -1.99. The van der Waals surface area contributed by atoms with Crippen molar-refractivity contribution in [2.24, 2.45) is 0 Å². The molecular formula is C10H10N2O2S. The molecule has 0 fully saturated rings. The van der Waals surface area contributed by atoms with Gasteiger partial charge in [-0.25, -0.2) is 0 Å². The van der Waals surface area contributed by atoms with Crippen molar-refractivity contribution in [2.45, 2.75) is 6.10 Å². The molecule has 1 heterocycles. The van der Waals surface area contributed by atoms with Crippen LogP contribution in [0.5, 0.6) is 5.75 Å². The summed E-state index contributed by atoms with van der Waals surface area (Å²) in [5.74, 6) is 0.766. The number of aromatic nitrogens is 2. The normalized spacial score (nSPS) is 12.4. The summed E-state index contributed by atoms with van der Waals surface area (Å²) in [7, 11) is 1.61. The minimum absolute atomic E-state index is 0.574. The monoisotopic (exact) mass is 222 g/mol. The van der Waals surface area contributed by atoms with Gasteiger partial charge in [0.25, 0.3) is 0 Å². The molecule has 0 saturated heterocycles. The van der Waals surface area contributed by atoms with Crippen molar-refractivity contribution in [1.29, 1.82) is 0 Å². The van der Waals surface area contributed by atoms with E-state index < -0.39 is 6.10 Å². The van der Waals surface area contributed by atoms with Gasteiger partial charge in [0.2, 0.25) is 0 Å². The number of nitrogens with zero attached hydrogens (tertiary/aromatic N) is 2. The summed E-state index contributed by atoms with van der Waals surface area (Å²) in [6.45, 7) is 0. The van der Waals surface area contributed by atoms with E-state index in [-0.39, 0.29) is 0 Å². The van der Waals surface area contributed by atoms with Crippen molar-refractivity contribution < 1.29 is 9.84 Å². The van der Waals surface area contributed by atoms with Crippen molar-refractivity contribution in [3.05, 3.63) is 41.7 Å². The highest BCUT2D eigenvalue weighted by molar-refractivity contribution is 6.99. The van der Waals surface area contributed by atoms with E-state index in [1.807, 2.05) is 12.1 Å². The zero-order valence-corrected chi connectivity index (χ0v) is 8.94. The maximum atomic E-state index is 9.91. The summed E-state index contributed by atoms with van der Waals surface area (Å²) in [6, 6.07) is 7.22. The van der Waals surface area contributed by atoms with Crippen molar-refractivity contribution in [3.63, 3.8) is 0 Å². The van der Waals surface area contributed by atoms with Gasteiger partial charge in [0.05, 0.1) is 25.0 Å². The number of rotatable bonds is 3. The first kappa shape index (κ1) is 10.1. The van der Waals surface area contributed by atoms with Crippen LogP contribution in [0.3, 0.4) is 0 Å². The van der Waals surface area contributed by atoms with Crippen LogP contribution in [0, 0.1) is 0 Å². The van der Waals surface area contributed by atoms with E-state index in [4.69, 9.17) is 4.74 Å². The Labute approximate surface area is 91.5 Å². The number of aliphatic hydroxyl groups excluding tert-OH is 1. The molecule has 0 bridgehead atoms. The van der Waals surface area contributed by atoms with Crippen molar-refractivity contribution in [3.8, 4) is 5.75 Å². The Morgan fingerprint density at radius 2 is 2.07 bits per heavy atom. The van der Waals surface area contributed by atoms with Gasteiger partial charge in [-0.3, -0.25) is 0 Å². The summed E-state index contributed by atoms with van der Waals surface area (Å²) < 4.78 is 12.9. The molecule has 5 heteroatoms. The highest BCUT2D eigenvalue weighted by atomic mass is 32.1. The summed E-state index contributed by atoms with van der Waals surface area (Å²) >= 11 is 1.09. The highest BCUT2D eigenvalue weighted by Gasteiger charge is 2.12. The van der Waals surface area contributed by atoms with Crippen LogP contribution >= 0.6 is 11.7 Å². The molecule has 1 unspecified atom stereocenters. The first-order valence-electron chi connectivity index (χ1n) is 4.40.